The number of hydrogen-bond donors (Lipinski definition) is 1. The molecule has 1 aromatic heterocycles. The van der Waals surface area contributed by atoms with Gasteiger partial charge in [-0.25, -0.2) is 0 Å². The largest absolute Gasteiger partial charge is 0.483 e. The summed E-state index contributed by atoms with van der Waals surface area (Å²) in [4.78, 5) is 4.09. The standard InChI is InChI=1S/C13H16ClN3O2/c1-3-15-7-10-6-11(14)4-5-12(10)18-8-13-16-9(2)17-19-13/h4-6,15H,3,7-8H2,1-2H3. The molecule has 0 fully saturated rings. The summed E-state index contributed by atoms with van der Waals surface area (Å²) in [5.41, 5.74) is 1.01. The zero-order valence-corrected chi connectivity index (χ0v) is 11.7. The molecule has 0 spiro atoms. The molecule has 6 heteroatoms. The Kier molecular flexibility index (Phi) is 4.76. The highest BCUT2D eigenvalue weighted by Gasteiger charge is 2.08. The first-order chi connectivity index (χ1) is 9.19. The van der Waals surface area contributed by atoms with E-state index in [1.54, 1.807) is 13.0 Å². The number of nitrogens with one attached hydrogen (secondary N) is 1. The van der Waals surface area contributed by atoms with Crippen LogP contribution in [-0.4, -0.2) is 16.7 Å². The van der Waals surface area contributed by atoms with E-state index < -0.39 is 0 Å². The third kappa shape index (κ3) is 3.94. The highest BCUT2D eigenvalue weighted by atomic mass is 35.5. The lowest BCUT2D eigenvalue weighted by molar-refractivity contribution is 0.240. The molecule has 19 heavy (non-hydrogen) atoms. The van der Waals surface area contributed by atoms with E-state index in [0.29, 0.717) is 23.3 Å². The molecule has 0 aliphatic heterocycles. The van der Waals surface area contributed by atoms with Crippen LogP contribution in [0.4, 0.5) is 0 Å². The molecule has 0 unspecified atom stereocenters. The van der Waals surface area contributed by atoms with E-state index in [1.165, 1.54) is 0 Å². The summed E-state index contributed by atoms with van der Waals surface area (Å²) < 4.78 is 10.7. The van der Waals surface area contributed by atoms with E-state index in [9.17, 15) is 0 Å². The highest BCUT2D eigenvalue weighted by molar-refractivity contribution is 6.30. The average Bonchev–Trinajstić information content (AvgIpc) is 2.81. The van der Waals surface area contributed by atoms with E-state index in [0.717, 1.165) is 17.9 Å². The minimum atomic E-state index is 0.252. The Bertz CT molecular complexity index is 542. The topological polar surface area (TPSA) is 60.2 Å². The van der Waals surface area contributed by atoms with Crippen LogP contribution in [0, 0.1) is 6.92 Å². The third-order valence-electron chi connectivity index (χ3n) is 2.51. The van der Waals surface area contributed by atoms with Crippen molar-refractivity contribution in [3.63, 3.8) is 0 Å². The van der Waals surface area contributed by atoms with Crippen molar-refractivity contribution in [2.24, 2.45) is 0 Å². The van der Waals surface area contributed by atoms with Crippen molar-refractivity contribution >= 4 is 11.6 Å². The van der Waals surface area contributed by atoms with Gasteiger partial charge in [-0.15, -0.1) is 0 Å². The maximum atomic E-state index is 5.99. The number of aryl methyl sites for hydroxylation is 1. The van der Waals surface area contributed by atoms with Gasteiger partial charge in [0, 0.05) is 17.1 Å². The molecule has 0 saturated heterocycles. The molecule has 0 saturated carbocycles. The third-order valence-corrected chi connectivity index (χ3v) is 2.74. The lowest BCUT2D eigenvalue weighted by Crippen LogP contribution is -2.13. The summed E-state index contributed by atoms with van der Waals surface area (Å²) in [5, 5.41) is 7.65. The minimum absolute atomic E-state index is 0.252. The van der Waals surface area contributed by atoms with Crippen molar-refractivity contribution in [3.8, 4) is 5.75 Å². The second-order valence-corrected chi connectivity index (χ2v) is 4.49. The first-order valence-corrected chi connectivity index (χ1v) is 6.48. The molecule has 1 N–H and O–H groups in total. The van der Waals surface area contributed by atoms with Gasteiger partial charge in [0.2, 0.25) is 0 Å². The molecule has 2 aromatic rings. The zero-order valence-electron chi connectivity index (χ0n) is 10.9. The molecule has 1 heterocycles. The summed E-state index contributed by atoms with van der Waals surface area (Å²) in [7, 11) is 0. The van der Waals surface area contributed by atoms with Crippen LogP contribution in [-0.2, 0) is 13.2 Å². The van der Waals surface area contributed by atoms with Crippen LogP contribution < -0.4 is 10.1 Å². The van der Waals surface area contributed by atoms with E-state index in [2.05, 4.69) is 15.5 Å². The van der Waals surface area contributed by atoms with Gasteiger partial charge in [-0.1, -0.05) is 23.7 Å². The fraction of sp³-hybridized carbons (Fsp3) is 0.385. The van der Waals surface area contributed by atoms with Gasteiger partial charge in [0.15, 0.2) is 12.4 Å². The van der Waals surface area contributed by atoms with Gasteiger partial charge >= 0.3 is 0 Å². The molecule has 102 valence electrons. The monoisotopic (exact) mass is 281 g/mol. The predicted molar refractivity (Wildman–Crippen MR) is 72.2 cm³/mol. The van der Waals surface area contributed by atoms with Crippen LogP contribution in [0.25, 0.3) is 0 Å². The number of ether oxygens (including phenoxy) is 1. The minimum Gasteiger partial charge on any atom is -0.483 e. The molecule has 0 amide bonds. The molecule has 0 aliphatic rings. The van der Waals surface area contributed by atoms with Crippen LogP contribution in [0.15, 0.2) is 22.7 Å². The Hall–Kier alpha value is -1.59. The molecule has 0 bridgehead atoms. The summed E-state index contributed by atoms with van der Waals surface area (Å²) in [6.07, 6.45) is 0. The number of nitrogens with zero attached hydrogens (tertiary/aromatic N) is 2. The van der Waals surface area contributed by atoms with Crippen LogP contribution in [0.3, 0.4) is 0 Å². The number of rotatable bonds is 6. The van der Waals surface area contributed by atoms with Crippen LogP contribution in [0.1, 0.15) is 24.2 Å². The van der Waals surface area contributed by atoms with Gasteiger partial charge in [0.1, 0.15) is 5.75 Å². The number of hydrogen-bond acceptors (Lipinski definition) is 5. The summed E-state index contributed by atoms with van der Waals surface area (Å²) in [6, 6.07) is 5.53. The van der Waals surface area contributed by atoms with E-state index in [4.69, 9.17) is 20.9 Å². The van der Waals surface area contributed by atoms with Crippen molar-refractivity contribution < 1.29 is 9.26 Å². The lowest BCUT2D eigenvalue weighted by atomic mass is 10.2. The Morgan fingerprint density at radius 3 is 2.95 bits per heavy atom. The van der Waals surface area contributed by atoms with Crippen molar-refractivity contribution in [1.29, 1.82) is 0 Å². The predicted octanol–water partition coefficient (Wildman–Crippen LogP) is 2.72. The Morgan fingerprint density at radius 1 is 1.42 bits per heavy atom. The molecule has 0 radical (unpaired) electrons. The fourth-order valence-corrected chi connectivity index (χ4v) is 1.82. The second-order valence-electron chi connectivity index (χ2n) is 4.06. The Balaban J connectivity index is 2.05. The first kappa shape index (κ1) is 13.8. The first-order valence-electron chi connectivity index (χ1n) is 6.10. The second kappa shape index (κ2) is 6.54. The molecule has 0 aliphatic carbocycles. The van der Waals surface area contributed by atoms with Gasteiger partial charge in [-0.2, -0.15) is 4.98 Å². The average molecular weight is 282 g/mol. The van der Waals surface area contributed by atoms with Crippen molar-refractivity contribution in [3.05, 3.63) is 40.5 Å². The smallest absolute Gasteiger partial charge is 0.264 e. The molecular weight excluding hydrogens is 266 g/mol. The summed E-state index contributed by atoms with van der Waals surface area (Å²) in [5.74, 6) is 1.82. The maximum Gasteiger partial charge on any atom is 0.264 e. The van der Waals surface area contributed by atoms with Gasteiger partial charge < -0.3 is 14.6 Å². The Labute approximate surface area is 116 Å². The number of benzene rings is 1. The van der Waals surface area contributed by atoms with Crippen LogP contribution in [0.2, 0.25) is 5.02 Å². The zero-order chi connectivity index (χ0) is 13.7. The van der Waals surface area contributed by atoms with E-state index in [-0.39, 0.29) is 6.61 Å². The van der Waals surface area contributed by atoms with Gasteiger partial charge in [0.05, 0.1) is 0 Å². The quantitative estimate of drug-likeness (QED) is 0.882. The van der Waals surface area contributed by atoms with Crippen LogP contribution in [0.5, 0.6) is 5.75 Å². The normalized spacial score (nSPS) is 10.7. The van der Waals surface area contributed by atoms with Crippen molar-refractivity contribution in [2.45, 2.75) is 27.0 Å². The maximum absolute atomic E-state index is 5.99. The molecule has 2 rings (SSSR count). The Morgan fingerprint density at radius 2 is 2.26 bits per heavy atom. The van der Waals surface area contributed by atoms with Crippen molar-refractivity contribution in [2.75, 3.05) is 6.54 Å². The SMILES string of the molecule is CCNCc1cc(Cl)ccc1OCc1nc(C)no1. The fourth-order valence-electron chi connectivity index (χ4n) is 1.62. The highest BCUT2D eigenvalue weighted by Crippen LogP contribution is 2.23. The van der Waals surface area contributed by atoms with Crippen molar-refractivity contribution in [1.82, 2.24) is 15.5 Å². The summed E-state index contributed by atoms with van der Waals surface area (Å²) >= 11 is 5.99. The summed E-state index contributed by atoms with van der Waals surface area (Å²) in [6.45, 7) is 5.66. The number of aromatic nitrogens is 2. The van der Waals surface area contributed by atoms with E-state index >= 15 is 0 Å². The molecular formula is C13H16ClN3O2. The molecule has 1 aromatic carbocycles. The van der Waals surface area contributed by atoms with Gasteiger partial charge in [-0.3, -0.25) is 0 Å². The lowest BCUT2D eigenvalue weighted by Gasteiger charge is -2.10. The van der Waals surface area contributed by atoms with E-state index in [1.807, 2.05) is 19.1 Å². The molecule has 0 atom stereocenters. The van der Waals surface area contributed by atoms with Gasteiger partial charge in [-0.05, 0) is 31.7 Å². The van der Waals surface area contributed by atoms with Gasteiger partial charge in [0.25, 0.3) is 5.89 Å². The molecule has 5 nitrogen and oxygen atoms in total. The number of halogens is 1. The van der Waals surface area contributed by atoms with Crippen LogP contribution >= 0.6 is 11.6 Å².